The lowest BCUT2D eigenvalue weighted by atomic mass is 9.90. The molecule has 0 aromatic carbocycles. The second-order valence-corrected chi connectivity index (χ2v) is 3.60. The monoisotopic (exact) mass is 226 g/mol. The molecule has 1 aliphatic carbocycles. The maximum atomic E-state index is 11.7. The quantitative estimate of drug-likeness (QED) is 0.477. The summed E-state index contributed by atoms with van der Waals surface area (Å²) in [6.07, 6.45) is -1.48. The molecule has 1 heterocycles. The highest BCUT2D eigenvalue weighted by molar-refractivity contribution is 6.19. The molecule has 86 valence electrons. The molecule has 16 heavy (non-hydrogen) atoms. The van der Waals surface area contributed by atoms with Crippen LogP contribution in [0.4, 0.5) is 0 Å². The van der Waals surface area contributed by atoms with Gasteiger partial charge >= 0.3 is 5.97 Å². The van der Waals surface area contributed by atoms with E-state index >= 15 is 0 Å². The van der Waals surface area contributed by atoms with Gasteiger partial charge in [-0.3, -0.25) is 14.4 Å². The van der Waals surface area contributed by atoms with Gasteiger partial charge in [-0.1, -0.05) is 0 Å². The molecule has 2 atom stereocenters. The first-order chi connectivity index (χ1) is 7.56. The second-order valence-electron chi connectivity index (χ2n) is 3.60. The first kappa shape index (κ1) is 11.0. The van der Waals surface area contributed by atoms with Crippen LogP contribution in [0, 0.1) is 0 Å². The Morgan fingerprint density at radius 3 is 2.38 bits per heavy atom. The Hall–Kier alpha value is -1.53. The van der Waals surface area contributed by atoms with Crippen LogP contribution in [-0.2, 0) is 23.9 Å². The van der Waals surface area contributed by atoms with E-state index in [4.69, 9.17) is 9.84 Å². The van der Waals surface area contributed by atoms with Gasteiger partial charge in [0.05, 0.1) is 6.61 Å². The van der Waals surface area contributed by atoms with Gasteiger partial charge in [-0.05, 0) is 0 Å². The number of ketones is 2. The fourth-order valence-electron chi connectivity index (χ4n) is 1.66. The summed E-state index contributed by atoms with van der Waals surface area (Å²) in [5.74, 6) is -1.33. The number of carbonyl (C=O) groups is 3. The van der Waals surface area contributed by atoms with Gasteiger partial charge in [0, 0.05) is 18.1 Å². The average Bonchev–Trinajstić information content (AvgIpc) is 3.01. The van der Waals surface area contributed by atoms with Crippen molar-refractivity contribution in [2.45, 2.75) is 19.1 Å². The third kappa shape index (κ3) is 1.66. The summed E-state index contributed by atoms with van der Waals surface area (Å²) in [4.78, 5) is 33.8. The number of carbonyl (C=O) groups excluding carboxylic acids is 3. The van der Waals surface area contributed by atoms with Gasteiger partial charge in [-0.2, -0.15) is 0 Å². The van der Waals surface area contributed by atoms with Crippen molar-refractivity contribution < 1.29 is 29.0 Å². The van der Waals surface area contributed by atoms with Crippen LogP contribution in [-0.4, -0.2) is 48.1 Å². The van der Waals surface area contributed by atoms with E-state index in [1.807, 2.05) is 0 Å². The lowest BCUT2D eigenvalue weighted by Crippen LogP contribution is -2.31. The first-order valence-corrected chi connectivity index (χ1v) is 4.76. The average molecular weight is 226 g/mol. The zero-order valence-corrected chi connectivity index (χ0v) is 8.56. The van der Waals surface area contributed by atoms with E-state index in [0.29, 0.717) is 0 Å². The minimum atomic E-state index is -0.742. The Morgan fingerprint density at radius 2 is 1.88 bits per heavy atom. The van der Waals surface area contributed by atoms with E-state index in [0.717, 1.165) is 0 Å². The van der Waals surface area contributed by atoms with Crippen LogP contribution in [0.15, 0.2) is 11.1 Å². The van der Waals surface area contributed by atoms with Crippen molar-refractivity contribution in [2.75, 3.05) is 13.2 Å². The molecule has 1 aliphatic heterocycles. The molecule has 1 saturated heterocycles. The fourth-order valence-corrected chi connectivity index (χ4v) is 1.66. The maximum absolute atomic E-state index is 11.7. The minimum absolute atomic E-state index is 0.00926. The van der Waals surface area contributed by atoms with Gasteiger partial charge in [-0.15, -0.1) is 0 Å². The molecule has 2 rings (SSSR count). The van der Waals surface area contributed by atoms with Crippen LogP contribution in [0.2, 0.25) is 0 Å². The molecule has 0 saturated carbocycles. The molecule has 6 heteroatoms. The smallest absolute Gasteiger partial charge is 0.302 e. The van der Waals surface area contributed by atoms with E-state index in [2.05, 4.69) is 4.74 Å². The normalized spacial score (nSPS) is 27.9. The zero-order valence-electron chi connectivity index (χ0n) is 8.56. The van der Waals surface area contributed by atoms with E-state index in [1.165, 1.54) is 6.92 Å². The molecule has 0 aromatic heterocycles. The molecule has 0 bridgehead atoms. The lowest BCUT2D eigenvalue weighted by molar-refractivity contribution is -0.140. The van der Waals surface area contributed by atoms with Gasteiger partial charge in [0.15, 0.2) is 23.8 Å². The summed E-state index contributed by atoms with van der Waals surface area (Å²) in [5, 5.41) is 9.02. The number of ether oxygens (including phenoxy) is 2. The number of fused-ring (bicyclic) bond motifs is 1. The first-order valence-electron chi connectivity index (χ1n) is 4.76. The molecule has 0 amide bonds. The van der Waals surface area contributed by atoms with Crippen LogP contribution in [0.1, 0.15) is 6.92 Å². The van der Waals surface area contributed by atoms with Crippen LogP contribution in [0.3, 0.4) is 0 Å². The highest BCUT2D eigenvalue weighted by Gasteiger charge is 2.55. The molecule has 0 spiro atoms. The number of aliphatic hydroxyl groups excluding tert-OH is 1. The number of hydrogen-bond acceptors (Lipinski definition) is 6. The maximum Gasteiger partial charge on any atom is 0.302 e. The molecule has 1 fully saturated rings. The third-order valence-electron chi connectivity index (χ3n) is 2.55. The molecule has 0 radical (unpaired) electrons. The van der Waals surface area contributed by atoms with Crippen molar-refractivity contribution in [2.24, 2.45) is 0 Å². The summed E-state index contributed by atoms with van der Waals surface area (Å²) < 4.78 is 9.54. The van der Waals surface area contributed by atoms with Gasteiger partial charge in [-0.25, -0.2) is 0 Å². The number of hydrogen-bond donors (Lipinski definition) is 1. The minimum Gasteiger partial charge on any atom is -0.461 e. The topological polar surface area (TPSA) is 93.2 Å². The van der Waals surface area contributed by atoms with Crippen molar-refractivity contribution in [3.05, 3.63) is 11.1 Å². The lowest BCUT2D eigenvalue weighted by Gasteiger charge is -2.13. The number of aliphatic hydroxyl groups is 1. The molecule has 1 N–H and O–H groups in total. The summed E-state index contributed by atoms with van der Waals surface area (Å²) >= 11 is 0. The summed E-state index contributed by atoms with van der Waals surface area (Å²) in [7, 11) is 0. The molecular formula is C10H10O6. The van der Waals surface area contributed by atoms with Gasteiger partial charge in [0.2, 0.25) is 0 Å². The predicted octanol–water partition coefficient (Wildman–Crippen LogP) is -1.24. The summed E-state index contributed by atoms with van der Waals surface area (Å²) in [6, 6.07) is 0. The van der Waals surface area contributed by atoms with E-state index < -0.39 is 30.6 Å². The standard InChI is InChI=1S/C10H10O6/c1-4(12)15-3-6-5(2-11)7(13)9-10(16-9)8(6)14/h9-11H,2-3H2,1H3/t9-,10+/m1/s1. The van der Waals surface area contributed by atoms with E-state index in [-0.39, 0.29) is 23.5 Å². The van der Waals surface area contributed by atoms with Crippen LogP contribution in [0.5, 0.6) is 0 Å². The molecule has 0 unspecified atom stereocenters. The number of rotatable bonds is 3. The van der Waals surface area contributed by atoms with Crippen molar-refractivity contribution in [1.29, 1.82) is 0 Å². The predicted molar refractivity (Wildman–Crippen MR) is 49.4 cm³/mol. The van der Waals surface area contributed by atoms with E-state index in [9.17, 15) is 14.4 Å². The number of Topliss-reactive ketones (excluding diaryl/α,β-unsaturated/α-hetero) is 2. The Labute approximate surface area is 90.8 Å². The highest BCUT2D eigenvalue weighted by Crippen LogP contribution is 2.34. The molecular weight excluding hydrogens is 216 g/mol. The van der Waals surface area contributed by atoms with Crippen LogP contribution < -0.4 is 0 Å². The molecule has 2 aliphatic rings. The summed E-state index contributed by atoms with van der Waals surface area (Å²) in [6.45, 7) is 0.362. The number of epoxide rings is 1. The van der Waals surface area contributed by atoms with Gasteiger partial charge in [0.1, 0.15) is 6.61 Å². The van der Waals surface area contributed by atoms with Gasteiger partial charge < -0.3 is 14.6 Å². The Kier molecular flexibility index (Phi) is 2.61. The molecule has 0 aromatic rings. The van der Waals surface area contributed by atoms with Crippen molar-refractivity contribution in [3.63, 3.8) is 0 Å². The largest absolute Gasteiger partial charge is 0.461 e. The third-order valence-corrected chi connectivity index (χ3v) is 2.55. The van der Waals surface area contributed by atoms with Crippen LogP contribution >= 0.6 is 0 Å². The SMILES string of the molecule is CC(=O)OCC1=C(CO)C(=O)[C@H]2O[C@H]2C1=O. The summed E-state index contributed by atoms with van der Waals surface area (Å²) in [5.41, 5.74) is 0.0338. The van der Waals surface area contributed by atoms with Crippen LogP contribution in [0.25, 0.3) is 0 Å². The fraction of sp³-hybridized carbons (Fsp3) is 0.500. The van der Waals surface area contributed by atoms with Gasteiger partial charge in [0.25, 0.3) is 0 Å². The van der Waals surface area contributed by atoms with Crippen molar-refractivity contribution in [3.8, 4) is 0 Å². The Morgan fingerprint density at radius 1 is 1.31 bits per heavy atom. The Bertz CT molecular complexity index is 408. The molecule has 6 nitrogen and oxygen atoms in total. The van der Waals surface area contributed by atoms with Crippen molar-refractivity contribution >= 4 is 17.5 Å². The van der Waals surface area contributed by atoms with E-state index in [1.54, 1.807) is 0 Å². The van der Waals surface area contributed by atoms with Crippen molar-refractivity contribution in [1.82, 2.24) is 0 Å². The zero-order chi connectivity index (χ0) is 11.9. The number of esters is 1. The Balaban J connectivity index is 2.25. The highest BCUT2D eigenvalue weighted by atomic mass is 16.6. The second kappa shape index (κ2) is 3.80.